The minimum atomic E-state index is -0.397. The van der Waals surface area contributed by atoms with Crippen molar-refractivity contribution in [2.24, 2.45) is 0 Å². The standard InChI is InChI=1S/C20H15F2N3OS/c21-13-4-3-5-14(10-13)23-19(26)9-8-15-12-27-20-24-18(11-25(15)20)16-6-1-2-7-17(16)22/h1-7,10-12H,8-9H2,(H,23,26). The fourth-order valence-electron chi connectivity index (χ4n) is 2.84. The van der Waals surface area contributed by atoms with Gasteiger partial charge in [-0.05, 0) is 36.8 Å². The first-order valence-electron chi connectivity index (χ1n) is 8.36. The number of nitrogens with zero attached hydrogens (tertiary/aromatic N) is 2. The maximum atomic E-state index is 14.0. The number of hydrogen-bond donors (Lipinski definition) is 1. The number of aryl methyl sites for hydroxylation is 1. The SMILES string of the molecule is O=C(CCc1csc2nc(-c3ccccc3F)cn12)Nc1cccc(F)c1. The summed E-state index contributed by atoms with van der Waals surface area (Å²) < 4.78 is 29.0. The van der Waals surface area contributed by atoms with Crippen LogP contribution >= 0.6 is 11.3 Å². The zero-order valence-electron chi connectivity index (χ0n) is 14.2. The average Bonchev–Trinajstić information content (AvgIpc) is 3.21. The number of anilines is 1. The molecule has 0 atom stereocenters. The van der Waals surface area contributed by atoms with Crippen molar-refractivity contribution in [3.8, 4) is 11.3 Å². The maximum absolute atomic E-state index is 14.0. The molecule has 4 nitrogen and oxygen atoms in total. The van der Waals surface area contributed by atoms with E-state index in [-0.39, 0.29) is 18.1 Å². The number of carbonyl (C=O) groups is 1. The molecule has 0 saturated carbocycles. The molecule has 7 heteroatoms. The van der Waals surface area contributed by atoms with Crippen molar-refractivity contribution in [2.75, 3.05) is 5.32 Å². The van der Waals surface area contributed by atoms with E-state index in [2.05, 4.69) is 10.3 Å². The van der Waals surface area contributed by atoms with Gasteiger partial charge in [0, 0.05) is 34.9 Å². The molecule has 4 rings (SSSR count). The van der Waals surface area contributed by atoms with Gasteiger partial charge in [-0.15, -0.1) is 11.3 Å². The summed E-state index contributed by atoms with van der Waals surface area (Å²) in [6, 6.07) is 12.3. The number of fused-ring (bicyclic) bond motifs is 1. The molecule has 0 fully saturated rings. The van der Waals surface area contributed by atoms with Gasteiger partial charge in [-0.1, -0.05) is 18.2 Å². The van der Waals surface area contributed by atoms with Crippen molar-refractivity contribution in [3.05, 3.63) is 77.4 Å². The lowest BCUT2D eigenvalue weighted by molar-refractivity contribution is -0.116. The third kappa shape index (κ3) is 3.73. The van der Waals surface area contributed by atoms with Gasteiger partial charge in [0.15, 0.2) is 4.96 Å². The molecule has 1 N–H and O–H groups in total. The van der Waals surface area contributed by atoms with Crippen LogP contribution in [0.4, 0.5) is 14.5 Å². The van der Waals surface area contributed by atoms with Gasteiger partial charge in [0.2, 0.25) is 5.91 Å². The Hall–Kier alpha value is -3.06. The van der Waals surface area contributed by atoms with Gasteiger partial charge >= 0.3 is 0 Å². The molecule has 2 aromatic heterocycles. The summed E-state index contributed by atoms with van der Waals surface area (Å²) >= 11 is 1.44. The molecular weight excluding hydrogens is 368 g/mol. The maximum Gasteiger partial charge on any atom is 0.224 e. The van der Waals surface area contributed by atoms with Crippen LogP contribution in [-0.2, 0) is 11.2 Å². The number of rotatable bonds is 5. The molecule has 27 heavy (non-hydrogen) atoms. The zero-order valence-corrected chi connectivity index (χ0v) is 15.0. The van der Waals surface area contributed by atoms with Gasteiger partial charge in [-0.25, -0.2) is 13.8 Å². The van der Waals surface area contributed by atoms with E-state index < -0.39 is 5.82 Å². The summed E-state index contributed by atoms with van der Waals surface area (Å²) in [5.41, 5.74) is 2.35. The highest BCUT2D eigenvalue weighted by Gasteiger charge is 2.13. The molecule has 1 amide bonds. The molecule has 0 aliphatic carbocycles. The van der Waals surface area contributed by atoms with E-state index in [0.29, 0.717) is 23.4 Å². The average molecular weight is 383 g/mol. The van der Waals surface area contributed by atoms with Gasteiger partial charge in [0.1, 0.15) is 11.6 Å². The second-order valence-electron chi connectivity index (χ2n) is 6.04. The molecule has 0 aliphatic rings. The molecule has 0 unspecified atom stereocenters. The van der Waals surface area contributed by atoms with Crippen LogP contribution in [-0.4, -0.2) is 15.3 Å². The fraction of sp³-hybridized carbons (Fsp3) is 0.100. The first-order chi connectivity index (χ1) is 13.1. The number of amides is 1. The lowest BCUT2D eigenvalue weighted by atomic mass is 10.1. The Labute approximate surface area is 158 Å². The lowest BCUT2D eigenvalue weighted by Gasteiger charge is -2.05. The molecular formula is C20H15F2N3OS. The number of benzene rings is 2. The molecule has 0 aliphatic heterocycles. The van der Waals surface area contributed by atoms with Crippen LogP contribution in [0.15, 0.2) is 60.1 Å². The van der Waals surface area contributed by atoms with Gasteiger partial charge in [-0.3, -0.25) is 9.20 Å². The van der Waals surface area contributed by atoms with Gasteiger partial charge in [-0.2, -0.15) is 0 Å². The molecule has 2 heterocycles. The van der Waals surface area contributed by atoms with E-state index in [9.17, 15) is 13.6 Å². The molecule has 0 spiro atoms. The summed E-state index contributed by atoms with van der Waals surface area (Å²) in [7, 11) is 0. The third-order valence-electron chi connectivity index (χ3n) is 4.15. The number of nitrogens with one attached hydrogen (secondary N) is 1. The largest absolute Gasteiger partial charge is 0.326 e. The molecule has 0 bridgehead atoms. The molecule has 2 aromatic carbocycles. The first kappa shape index (κ1) is 17.4. The Morgan fingerprint density at radius 3 is 2.81 bits per heavy atom. The lowest BCUT2D eigenvalue weighted by Crippen LogP contribution is -2.12. The van der Waals surface area contributed by atoms with E-state index in [0.717, 1.165) is 10.7 Å². The van der Waals surface area contributed by atoms with Crippen LogP contribution in [0.1, 0.15) is 12.1 Å². The number of halogens is 2. The molecule has 136 valence electrons. The Balaban J connectivity index is 1.48. The molecule has 0 radical (unpaired) electrons. The molecule has 0 saturated heterocycles. The predicted octanol–water partition coefficient (Wildman–Crippen LogP) is 4.91. The number of aromatic nitrogens is 2. The summed E-state index contributed by atoms with van der Waals surface area (Å²) in [6.45, 7) is 0. The second kappa shape index (κ2) is 7.28. The van der Waals surface area contributed by atoms with Crippen molar-refractivity contribution in [2.45, 2.75) is 12.8 Å². The van der Waals surface area contributed by atoms with Crippen LogP contribution < -0.4 is 5.32 Å². The zero-order chi connectivity index (χ0) is 18.8. The normalized spacial score (nSPS) is 11.0. The van der Waals surface area contributed by atoms with Crippen molar-refractivity contribution in [1.82, 2.24) is 9.38 Å². The Morgan fingerprint density at radius 1 is 1.15 bits per heavy atom. The molecule has 4 aromatic rings. The smallest absolute Gasteiger partial charge is 0.224 e. The van der Waals surface area contributed by atoms with Crippen molar-refractivity contribution in [1.29, 1.82) is 0 Å². The van der Waals surface area contributed by atoms with E-state index in [4.69, 9.17) is 0 Å². The van der Waals surface area contributed by atoms with Crippen molar-refractivity contribution < 1.29 is 13.6 Å². The minimum Gasteiger partial charge on any atom is -0.326 e. The Bertz CT molecular complexity index is 1120. The van der Waals surface area contributed by atoms with Crippen LogP contribution in [0, 0.1) is 11.6 Å². The van der Waals surface area contributed by atoms with Gasteiger partial charge in [0.05, 0.1) is 5.69 Å². The van der Waals surface area contributed by atoms with E-state index in [1.807, 2.05) is 9.78 Å². The minimum absolute atomic E-state index is 0.200. The number of imidazole rings is 1. The van der Waals surface area contributed by atoms with Crippen molar-refractivity contribution in [3.63, 3.8) is 0 Å². The topological polar surface area (TPSA) is 46.4 Å². The number of thiazole rings is 1. The Kier molecular flexibility index (Phi) is 4.68. The third-order valence-corrected chi connectivity index (χ3v) is 5.04. The predicted molar refractivity (Wildman–Crippen MR) is 102 cm³/mol. The summed E-state index contributed by atoms with van der Waals surface area (Å²) in [6.07, 6.45) is 2.52. The Morgan fingerprint density at radius 2 is 2.00 bits per heavy atom. The summed E-state index contributed by atoms with van der Waals surface area (Å²) in [4.78, 5) is 17.3. The highest BCUT2D eigenvalue weighted by Crippen LogP contribution is 2.26. The van der Waals surface area contributed by atoms with Gasteiger partial charge in [0.25, 0.3) is 0 Å². The van der Waals surface area contributed by atoms with E-state index in [1.165, 1.54) is 29.5 Å². The van der Waals surface area contributed by atoms with E-state index >= 15 is 0 Å². The van der Waals surface area contributed by atoms with Crippen molar-refractivity contribution >= 4 is 27.9 Å². The van der Waals surface area contributed by atoms with Crippen LogP contribution in [0.25, 0.3) is 16.2 Å². The fourth-order valence-corrected chi connectivity index (χ4v) is 3.75. The van der Waals surface area contributed by atoms with Gasteiger partial charge < -0.3 is 5.32 Å². The number of hydrogen-bond acceptors (Lipinski definition) is 3. The van der Waals surface area contributed by atoms with E-state index in [1.54, 1.807) is 36.5 Å². The highest BCUT2D eigenvalue weighted by atomic mass is 32.1. The first-order valence-corrected chi connectivity index (χ1v) is 9.24. The monoisotopic (exact) mass is 383 g/mol. The quantitative estimate of drug-likeness (QED) is 0.532. The summed E-state index contributed by atoms with van der Waals surface area (Å²) in [5, 5.41) is 4.62. The summed E-state index contributed by atoms with van der Waals surface area (Å²) in [5.74, 6) is -0.917. The highest BCUT2D eigenvalue weighted by molar-refractivity contribution is 7.15. The van der Waals surface area contributed by atoms with Crippen LogP contribution in [0.3, 0.4) is 0 Å². The second-order valence-corrected chi connectivity index (χ2v) is 6.88. The van der Waals surface area contributed by atoms with Crippen LogP contribution in [0.5, 0.6) is 0 Å². The van der Waals surface area contributed by atoms with Crippen LogP contribution in [0.2, 0.25) is 0 Å². The number of carbonyl (C=O) groups excluding carboxylic acids is 1.